The van der Waals surface area contributed by atoms with Crippen molar-refractivity contribution in [3.63, 3.8) is 0 Å². The molecule has 2 N–H and O–H groups in total. The molecule has 0 radical (unpaired) electrons. The number of nitrogens with zero attached hydrogens (tertiary/aromatic N) is 1. The minimum absolute atomic E-state index is 0.113. The minimum atomic E-state index is -5.46. The van der Waals surface area contributed by atoms with Gasteiger partial charge in [0.15, 0.2) is 0 Å². The average molecular weight is 725 g/mol. The van der Waals surface area contributed by atoms with E-state index in [1.165, 1.54) is 0 Å². The van der Waals surface area contributed by atoms with E-state index in [2.05, 4.69) is 27.8 Å². The summed E-state index contributed by atoms with van der Waals surface area (Å²) in [6.45, 7) is 6.04. The van der Waals surface area contributed by atoms with E-state index in [-0.39, 0.29) is 35.8 Å². The Hall–Kier alpha value is -1.00. The molecular formula is C36H52BrF6NO2. The van der Waals surface area contributed by atoms with Gasteiger partial charge in [0, 0.05) is 23.8 Å². The molecule has 1 aromatic carbocycles. The lowest BCUT2D eigenvalue weighted by molar-refractivity contribution is -0.284. The SMILES string of the molecule is C[C@]12C[C@H](F)[C@@H]3c4ccc(O)c(Br)c4CC(CCCCCN4CCC[C@H]4CCCCCCC(F)(F)C(F)(F)F)[C@H]3[C@@H]1CC[C@@]2(C)O. The molecule has 10 heteroatoms. The molecule has 262 valence electrons. The fourth-order valence-electron chi connectivity index (χ4n) is 9.95. The number of hydrogen-bond acceptors (Lipinski definition) is 3. The third kappa shape index (κ3) is 7.15. The molecule has 1 unspecified atom stereocenters. The molecule has 3 aliphatic carbocycles. The molecule has 3 nitrogen and oxygen atoms in total. The number of alkyl halides is 6. The number of benzene rings is 1. The second kappa shape index (κ2) is 14.1. The van der Waals surface area contributed by atoms with Gasteiger partial charge < -0.3 is 15.1 Å². The van der Waals surface area contributed by atoms with Crippen molar-refractivity contribution in [1.29, 1.82) is 0 Å². The fraction of sp³-hybridized carbons (Fsp3) is 0.833. The summed E-state index contributed by atoms with van der Waals surface area (Å²) in [5, 5.41) is 21.8. The molecule has 1 heterocycles. The highest BCUT2D eigenvalue weighted by Gasteiger charge is 2.64. The summed E-state index contributed by atoms with van der Waals surface area (Å²) in [6.07, 6.45) is 4.29. The molecule has 1 saturated heterocycles. The molecule has 5 rings (SSSR count). The zero-order valence-corrected chi connectivity index (χ0v) is 28.9. The normalized spacial score (nSPS) is 34.8. The van der Waals surface area contributed by atoms with Crippen LogP contribution in [0.4, 0.5) is 26.3 Å². The molecule has 2 saturated carbocycles. The zero-order chi connectivity index (χ0) is 33.5. The summed E-state index contributed by atoms with van der Waals surface area (Å²) in [6, 6.07) is 4.05. The second-order valence-electron chi connectivity index (χ2n) is 15.4. The largest absolute Gasteiger partial charge is 0.507 e. The van der Waals surface area contributed by atoms with E-state index in [9.17, 15) is 32.2 Å². The van der Waals surface area contributed by atoms with E-state index in [0.29, 0.717) is 36.2 Å². The summed E-state index contributed by atoms with van der Waals surface area (Å²) < 4.78 is 80.3. The van der Waals surface area contributed by atoms with Crippen molar-refractivity contribution in [2.24, 2.45) is 23.2 Å². The highest BCUT2D eigenvalue weighted by atomic mass is 79.9. The molecule has 4 aliphatic rings. The van der Waals surface area contributed by atoms with E-state index >= 15 is 4.39 Å². The number of unbranched alkanes of at least 4 members (excludes halogenated alkanes) is 5. The van der Waals surface area contributed by atoms with Crippen LogP contribution < -0.4 is 0 Å². The Kier molecular flexibility index (Phi) is 11.1. The first-order chi connectivity index (χ1) is 21.6. The molecule has 0 bridgehead atoms. The number of phenols is 1. The van der Waals surface area contributed by atoms with Crippen molar-refractivity contribution >= 4 is 15.9 Å². The van der Waals surface area contributed by atoms with E-state index in [0.717, 1.165) is 88.4 Å². The molecule has 0 aromatic heterocycles. The first-order valence-corrected chi connectivity index (χ1v) is 18.4. The van der Waals surface area contributed by atoms with Gasteiger partial charge in [0.2, 0.25) is 0 Å². The van der Waals surface area contributed by atoms with Crippen LogP contribution in [-0.2, 0) is 6.42 Å². The maximum Gasteiger partial charge on any atom is 0.453 e. The van der Waals surface area contributed by atoms with Crippen molar-refractivity contribution in [2.75, 3.05) is 13.1 Å². The Morgan fingerprint density at radius 3 is 2.39 bits per heavy atom. The predicted octanol–water partition coefficient (Wildman–Crippen LogP) is 10.5. The Labute approximate surface area is 279 Å². The van der Waals surface area contributed by atoms with Gasteiger partial charge >= 0.3 is 12.1 Å². The number of rotatable bonds is 13. The highest BCUT2D eigenvalue weighted by Crippen LogP contribution is 2.66. The van der Waals surface area contributed by atoms with Crippen molar-refractivity contribution in [3.8, 4) is 5.75 Å². The molecule has 0 amide bonds. The number of likely N-dealkylation sites (tertiary alicyclic amines) is 1. The zero-order valence-electron chi connectivity index (χ0n) is 27.3. The molecule has 8 atom stereocenters. The molecular weight excluding hydrogens is 672 g/mol. The first kappa shape index (κ1) is 36.3. The van der Waals surface area contributed by atoms with Crippen molar-refractivity contribution in [1.82, 2.24) is 4.90 Å². The van der Waals surface area contributed by atoms with Crippen LogP contribution in [0.5, 0.6) is 5.75 Å². The monoisotopic (exact) mass is 723 g/mol. The Bertz CT molecular complexity index is 1190. The number of halogens is 7. The summed E-state index contributed by atoms with van der Waals surface area (Å²) in [7, 11) is 0. The van der Waals surface area contributed by atoms with E-state index in [1.807, 2.05) is 13.0 Å². The average Bonchev–Trinajstić information content (AvgIpc) is 3.51. The lowest BCUT2D eigenvalue weighted by atomic mass is 9.50. The van der Waals surface area contributed by atoms with Gasteiger partial charge in [0.1, 0.15) is 11.9 Å². The highest BCUT2D eigenvalue weighted by molar-refractivity contribution is 9.10. The van der Waals surface area contributed by atoms with E-state index in [1.54, 1.807) is 6.07 Å². The van der Waals surface area contributed by atoms with Gasteiger partial charge in [-0.2, -0.15) is 22.0 Å². The predicted molar refractivity (Wildman–Crippen MR) is 172 cm³/mol. The first-order valence-electron chi connectivity index (χ1n) is 17.6. The van der Waals surface area contributed by atoms with Gasteiger partial charge in [-0.15, -0.1) is 0 Å². The Morgan fingerprint density at radius 2 is 1.65 bits per heavy atom. The van der Waals surface area contributed by atoms with Crippen molar-refractivity contribution in [2.45, 2.75) is 152 Å². The standard InChI is InChI=1S/C36H52BrF6NO2/c1-33-22-28(38)31-25-14-15-29(45)32(37)26(25)21-23(30(31)27(33)16-18-34(33,2)46)11-6-5-9-19-44-20-10-13-24(44)12-7-3-4-8-17-35(39,40)36(41,42)43/h14-15,23-24,27-28,30-31,45-46H,3-13,16-22H2,1-2H3/t23?,24-,27+,28+,30+,31+,33+,34-/m1/s1. The summed E-state index contributed by atoms with van der Waals surface area (Å²) in [5.41, 5.74) is 0.736. The number of fused-ring (bicyclic) bond motifs is 5. The van der Waals surface area contributed by atoms with Gasteiger partial charge in [-0.05, 0) is 135 Å². The topological polar surface area (TPSA) is 43.7 Å². The number of aromatic hydroxyl groups is 1. The summed E-state index contributed by atoms with van der Waals surface area (Å²) in [4.78, 5) is 2.52. The van der Waals surface area contributed by atoms with Crippen LogP contribution in [0.1, 0.15) is 127 Å². The third-order valence-electron chi connectivity index (χ3n) is 12.7. The molecule has 46 heavy (non-hydrogen) atoms. The number of aliphatic hydroxyl groups is 1. The van der Waals surface area contributed by atoms with Crippen molar-refractivity contribution < 1.29 is 36.6 Å². The summed E-state index contributed by atoms with van der Waals surface area (Å²) >= 11 is 3.61. The minimum Gasteiger partial charge on any atom is -0.507 e. The second-order valence-corrected chi connectivity index (χ2v) is 16.2. The molecule has 0 spiro atoms. The maximum absolute atomic E-state index is 16.3. The van der Waals surface area contributed by atoms with E-state index < -0.39 is 35.7 Å². The van der Waals surface area contributed by atoms with Crippen molar-refractivity contribution in [3.05, 3.63) is 27.7 Å². The van der Waals surface area contributed by atoms with Crippen LogP contribution in [0.2, 0.25) is 0 Å². The van der Waals surface area contributed by atoms with E-state index in [4.69, 9.17) is 0 Å². The van der Waals surface area contributed by atoms with Crippen LogP contribution in [0.25, 0.3) is 0 Å². The number of hydrogen-bond donors (Lipinski definition) is 2. The Balaban J connectivity index is 1.11. The smallest absolute Gasteiger partial charge is 0.453 e. The van der Waals surface area contributed by atoms with Gasteiger partial charge in [0.05, 0.1) is 10.1 Å². The lowest BCUT2D eigenvalue weighted by Crippen LogP contribution is -2.55. The van der Waals surface area contributed by atoms with Crippen LogP contribution in [0, 0.1) is 23.2 Å². The van der Waals surface area contributed by atoms with Crippen LogP contribution >= 0.6 is 15.9 Å². The van der Waals surface area contributed by atoms with Crippen LogP contribution in [0.3, 0.4) is 0 Å². The van der Waals surface area contributed by atoms with Gasteiger partial charge in [-0.3, -0.25) is 0 Å². The maximum atomic E-state index is 16.3. The summed E-state index contributed by atoms with van der Waals surface area (Å²) in [5.74, 6) is -3.92. The number of phenolic OH excluding ortho intramolecular Hbond substituents is 1. The molecule has 3 fully saturated rings. The third-order valence-corrected chi connectivity index (χ3v) is 13.6. The van der Waals surface area contributed by atoms with Crippen LogP contribution in [0.15, 0.2) is 16.6 Å². The Morgan fingerprint density at radius 1 is 0.957 bits per heavy atom. The lowest BCUT2D eigenvalue weighted by Gasteiger charge is -2.56. The fourth-order valence-corrected chi connectivity index (χ4v) is 10.5. The van der Waals surface area contributed by atoms with Gasteiger partial charge in [-0.1, -0.05) is 45.1 Å². The molecule has 1 aromatic rings. The van der Waals surface area contributed by atoms with Gasteiger partial charge in [-0.25, -0.2) is 4.39 Å². The van der Waals surface area contributed by atoms with Gasteiger partial charge in [0.25, 0.3) is 0 Å². The quantitative estimate of drug-likeness (QED) is 0.157. The van der Waals surface area contributed by atoms with Crippen LogP contribution in [-0.4, -0.2) is 58.1 Å². The molecule has 1 aliphatic heterocycles.